The van der Waals surface area contributed by atoms with Crippen LogP contribution in [0.5, 0.6) is 11.5 Å². The topological polar surface area (TPSA) is 55.8 Å². The van der Waals surface area contributed by atoms with Gasteiger partial charge in [0.25, 0.3) is 0 Å². The van der Waals surface area contributed by atoms with E-state index >= 15 is 0 Å². The molecule has 0 saturated heterocycles. The van der Waals surface area contributed by atoms with Crippen molar-refractivity contribution in [3.05, 3.63) is 63.9 Å². The highest BCUT2D eigenvalue weighted by Crippen LogP contribution is 2.37. The third-order valence-corrected chi connectivity index (χ3v) is 3.64. The van der Waals surface area contributed by atoms with Gasteiger partial charge in [-0.2, -0.15) is 0 Å². The van der Waals surface area contributed by atoms with E-state index in [-0.39, 0.29) is 12.4 Å². The lowest BCUT2D eigenvalue weighted by molar-refractivity contribution is -0.131. The predicted octanol–water partition coefficient (Wildman–Crippen LogP) is 4.66. The molecule has 0 aliphatic rings. The van der Waals surface area contributed by atoms with Crippen LogP contribution in [0, 0.1) is 5.82 Å². The van der Waals surface area contributed by atoms with Crippen LogP contribution < -0.4 is 9.47 Å². The van der Waals surface area contributed by atoms with E-state index in [1.807, 2.05) is 6.92 Å². The summed E-state index contributed by atoms with van der Waals surface area (Å²) in [7, 11) is 0. The lowest BCUT2D eigenvalue weighted by Gasteiger charge is -2.15. The minimum atomic E-state index is -1.03. The Balaban J connectivity index is 2.23. The number of carbonyl (C=O) groups is 1. The summed E-state index contributed by atoms with van der Waals surface area (Å²) in [5, 5.41) is 8.72. The molecule has 1 N–H and O–H groups in total. The molecule has 0 atom stereocenters. The molecule has 0 spiro atoms. The molecule has 0 aliphatic heterocycles. The molecule has 2 rings (SSSR count). The lowest BCUT2D eigenvalue weighted by Crippen LogP contribution is -2.01. The first-order valence-electron chi connectivity index (χ1n) is 7.24. The van der Waals surface area contributed by atoms with Crippen molar-refractivity contribution in [2.24, 2.45) is 0 Å². The van der Waals surface area contributed by atoms with Gasteiger partial charge in [0.15, 0.2) is 11.5 Å². The fraction of sp³-hybridized carbons (Fsp3) is 0.167. The number of benzene rings is 2. The van der Waals surface area contributed by atoms with Gasteiger partial charge in [0.1, 0.15) is 12.4 Å². The molecule has 0 radical (unpaired) electrons. The van der Waals surface area contributed by atoms with Crippen LogP contribution in [0.4, 0.5) is 4.39 Å². The Kier molecular flexibility index (Phi) is 6.37. The zero-order valence-electron chi connectivity index (χ0n) is 13.0. The van der Waals surface area contributed by atoms with Crippen LogP contribution in [0.2, 0.25) is 0 Å². The Labute approximate surface area is 147 Å². The van der Waals surface area contributed by atoms with Crippen molar-refractivity contribution in [2.75, 3.05) is 6.61 Å². The van der Waals surface area contributed by atoms with Crippen molar-refractivity contribution in [3.8, 4) is 11.5 Å². The maximum Gasteiger partial charge on any atom is 0.328 e. The molecule has 2 aromatic carbocycles. The molecule has 2 aromatic rings. The molecule has 0 aliphatic carbocycles. The maximum absolute atomic E-state index is 12.9. The number of ether oxygens (including phenoxy) is 2. The largest absolute Gasteiger partial charge is 0.490 e. The summed E-state index contributed by atoms with van der Waals surface area (Å²) in [6, 6.07) is 9.48. The van der Waals surface area contributed by atoms with Crippen molar-refractivity contribution >= 4 is 28.0 Å². The second-order valence-corrected chi connectivity index (χ2v) is 5.70. The van der Waals surface area contributed by atoms with Crippen molar-refractivity contribution < 1.29 is 23.8 Å². The zero-order valence-corrected chi connectivity index (χ0v) is 14.5. The highest BCUT2D eigenvalue weighted by atomic mass is 79.9. The Morgan fingerprint density at radius 3 is 2.58 bits per heavy atom. The van der Waals surface area contributed by atoms with Gasteiger partial charge in [-0.05, 0) is 64.3 Å². The van der Waals surface area contributed by atoms with E-state index in [2.05, 4.69) is 15.9 Å². The molecule has 0 unspecified atom stereocenters. The second kappa shape index (κ2) is 8.49. The molecule has 0 heterocycles. The second-order valence-electron chi connectivity index (χ2n) is 4.85. The average Bonchev–Trinajstić information content (AvgIpc) is 2.54. The summed E-state index contributed by atoms with van der Waals surface area (Å²) >= 11 is 3.41. The van der Waals surface area contributed by atoms with Crippen LogP contribution in [0.1, 0.15) is 18.1 Å². The molecule has 24 heavy (non-hydrogen) atoms. The first-order valence-corrected chi connectivity index (χ1v) is 8.03. The SMILES string of the molecule is CCOc1cc(/C=C/C(=O)O)cc(Br)c1OCc1ccc(F)cc1. The summed E-state index contributed by atoms with van der Waals surface area (Å²) in [5.74, 6) is -0.321. The van der Waals surface area contributed by atoms with Crippen LogP contribution in [-0.2, 0) is 11.4 Å². The predicted molar refractivity (Wildman–Crippen MR) is 92.7 cm³/mol. The third kappa shape index (κ3) is 5.09. The van der Waals surface area contributed by atoms with Crippen LogP contribution >= 0.6 is 15.9 Å². The van der Waals surface area contributed by atoms with E-state index in [1.165, 1.54) is 18.2 Å². The first-order chi connectivity index (χ1) is 11.5. The van der Waals surface area contributed by atoms with E-state index in [0.29, 0.717) is 28.1 Å². The van der Waals surface area contributed by atoms with Gasteiger partial charge < -0.3 is 14.6 Å². The summed E-state index contributed by atoms with van der Waals surface area (Å²) in [4.78, 5) is 10.6. The summed E-state index contributed by atoms with van der Waals surface area (Å²) in [6.07, 6.45) is 2.52. The molecule has 0 fully saturated rings. The summed E-state index contributed by atoms with van der Waals surface area (Å²) in [6.45, 7) is 2.53. The van der Waals surface area contributed by atoms with Crippen molar-refractivity contribution in [1.82, 2.24) is 0 Å². The van der Waals surface area contributed by atoms with Crippen molar-refractivity contribution in [2.45, 2.75) is 13.5 Å². The molecule has 0 saturated carbocycles. The van der Waals surface area contributed by atoms with Crippen molar-refractivity contribution in [1.29, 1.82) is 0 Å². The lowest BCUT2D eigenvalue weighted by atomic mass is 10.2. The van der Waals surface area contributed by atoms with Gasteiger partial charge >= 0.3 is 5.97 Å². The molecule has 6 heteroatoms. The maximum atomic E-state index is 12.9. The van der Waals surface area contributed by atoms with Gasteiger partial charge in [0, 0.05) is 6.08 Å². The highest BCUT2D eigenvalue weighted by molar-refractivity contribution is 9.10. The zero-order chi connectivity index (χ0) is 17.5. The summed E-state index contributed by atoms with van der Waals surface area (Å²) < 4.78 is 24.9. The van der Waals surface area contributed by atoms with E-state index in [9.17, 15) is 9.18 Å². The smallest absolute Gasteiger partial charge is 0.328 e. The van der Waals surface area contributed by atoms with Gasteiger partial charge in [-0.1, -0.05) is 12.1 Å². The molecule has 0 bridgehead atoms. The first kappa shape index (κ1) is 18.0. The highest BCUT2D eigenvalue weighted by Gasteiger charge is 2.12. The number of hydrogen-bond donors (Lipinski definition) is 1. The molecular formula is C18H16BrFO4. The minimum Gasteiger partial charge on any atom is -0.490 e. The Morgan fingerprint density at radius 1 is 1.25 bits per heavy atom. The van der Waals surface area contributed by atoms with Crippen LogP contribution in [0.25, 0.3) is 6.08 Å². The normalized spacial score (nSPS) is 10.8. The van der Waals surface area contributed by atoms with E-state index < -0.39 is 5.97 Å². The Bertz CT molecular complexity index is 741. The number of rotatable bonds is 7. The third-order valence-electron chi connectivity index (χ3n) is 3.05. The molecule has 0 aromatic heterocycles. The average molecular weight is 395 g/mol. The monoisotopic (exact) mass is 394 g/mol. The van der Waals surface area contributed by atoms with E-state index in [4.69, 9.17) is 14.6 Å². The number of aliphatic carboxylic acids is 1. The van der Waals surface area contributed by atoms with E-state index in [0.717, 1.165) is 11.6 Å². The Morgan fingerprint density at radius 2 is 1.96 bits per heavy atom. The number of carboxylic acids is 1. The fourth-order valence-corrected chi connectivity index (χ4v) is 2.57. The van der Waals surface area contributed by atoms with Gasteiger partial charge in [-0.3, -0.25) is 0 Å². The van der Waals surface area contributed by atoms with Gasteiger partial charge in [0.05, 0.1) is 11.1 Å². The standard InChI is InChI=1S/C18H16BrFO4/c1-2-23-16-10-13(5-8-17(21)22)9-15(19)18(16)24-11-12-3-6-14(20)7-4-12/h3-10H,2,11H2,1H3,(H,21,22)/b8-5+. The minimum absolute atomic E-state index is 0.253. The van der Waals surface area contributed by atoms with Crippen LogP contribution in [0.15, 0.2) is 46.9 Å². The molecule has 126 valence electrons. The van der Waals surface area contributed by atoms with E-state index in [1.54, 1.807) is 24.3 Å². The van der Waals surface area contributed by atoms with Crippen LogP contribution in [-0.4, -0.2) is 17.7 Å². The fourth-order valence-electron chi connectivity index (χ4n) is 1.99. The molecule has 0 amide bonds. The van der Waals surface area contributed by atoms with Crippen molar-refractivity contribution in [3.63, 3.8) is 0 Å². The Hall–Kier alpha value is -2.34. The molecular weight excluding hydrogens is 379 g/mol. The van der Waals surface area contributed by atoms with Gasteiger partial charge in [0.2, 0.25) is 0 Å². The summed E-state index contributed by atoms with van der Waals surface area (Å²) in [5.41, 5.74) is 1.49. The molecule has 4 nitrogen and oxygen atoms in total. The number of halogens is 2. The van der Waals surface area contributed by atoms with Gasteiger partial charge in [-0.15, -0.1) is 0 Å². The quantitative estimate of drug-likeness (QED) is 0.693. The van der Waals surface area contributed by atoms with Gasteiger partial charge in [-0.25, -0.2) is 9.18 Å². The number of hydrogen-bond acceptors (Lipinski definition) is 3. The number of carboxylic acid groups (broad SMARTS) is 1. The van der Waals surface area contributed by atoms with Crippen LogP contribution in [0.3, 0.4) is 0 Å².